The number of nitrogens with one attached hydrogen (secondary N) is 3. The molecule has 8 nitrogen and oxygen atoms in total. The lowest BCUT2D eigenvalue weighted by Crippen LogP contribution is -2.36. The average molecular weight is 416 g/mol. The maximum absolute atomic E-state index is 11.5. The Kier molecular flexibility index (Phi) is 8.70. The number of likely N-dealkylation sites (N-methyl/N-ethyl adjacent to an activating group) is 1. The van der Waals surface area contributed by atoms with Crippen LogP contribution in [0.2, 0.25) is 0 Å². The number of ether oxygens (including phenoxy) is 1. The van der Waals surface area contributed by atoms with Crippen molar-refractivity contribution in [3.8, 4) is 5.75 Å². The van der Waals surface area contributed by atoms with Gasteiger partial charge in [-0.05, 0) is 31.5 Å². The highest BCUT2D eigenvalue weighted by Crippen LogP contribution is 2.22. The van der Waals surface area contributed by atoms with Crippen molar-refractivity contribution in [1.29, 1.82) is 0 Å². The van der Waals surface area contributed by atoms with Crippen LogP contribution >= 0.6 is 0 Å². The van der Waals surface area contributed by atoms with Gasteiger partial charge in [-0.2, -0.15) is 0 Å². The van der Waals surface area contributed by atoms with Crippen molar-refractivity contribution in [3.63, 3.8) is 0 Å². The van der Waals surface area contributed by atoms with Gasteiger partial charge >= 0.3 is 0 Å². The first-order chi connectivity index (χ1) is 14.3. The van der Waals surface area contributed by atoms with Crippen molar-refractivity contribution >= 4 is 11.9 Å². The molecular weight excluding hydrogens is 382 g/mol. The number of guanidine groups is 1. The fourth-order valence-corrected chi connectivity index (χ4v) is 2.54. The molecule has 0 aliphatic rings. The average Bonchev–Trinajstić information content (AvgIpc) is 3.19. The van der Waals surface area contributed by atoms with Crippen LogP contribution in [-0.4, -0.2) is 36.5 Å². The summed E-state index contributed by atoms with van der Waals surface area (Å²) in [5.41, 5.74) is 0.903. The van der Waals surface area contributed by atoms with Crippen LogP contribution in [0.25, 0.3) is 0 Å². The van der Waals surface area contributed by atoms with Crippen LogP contribution in [0.1, 0.15) is 51.8 Å². The van der Waals surface area contributed by atoms with Gasteiger partial charge in [0.25, 0.3) is 5.91 Å². The Hall–Kier alpha value is -3.03. The number of hydrogen-bond acceptors (Lipinski definition) is 5. The second-order valence-electron chi connectivity index (χ2n) is 7.81. The van der Waals surface area contributed by atoms with E-state index in [9.17, 15) is 4.79 Å². The van der Waals surface area contributed by atoms with Crippen LogP contribution in [0.15, 0.2) is 39.9 Å². The van der Waals surface area contributed by atoms with Gasteiger partial charge in [0.05, 0.1) is 19.3 Å². The van der Waals surface area contributed by atoms with E-state index in [2.05, 4.69) is 46.7 Å². The summed E-state index contributed by atoms with van der Waals surface area (Å²) in [4.78, 5) is 20.5. The van der Waals surface area contributed by atoms with Crippen LogP contribution in [0.3, 0.4) is 0 Å². The third kappa shape index (κ3) is 7.77. The summed E-state index contributed by atoms with van der Waals surface area (Å²) >= 11 is 0. The molecule has 8 heteroatoms. The Balaban J connectivity index is 1.94. The minimum absolute atomic E-state index is 0.00252. The van der Waals surface area contributed by atoms with E-state index in [0.29, 0.717) is 37.2 Å². The molecular formula is C22H33N5O3. The quantitative estimate of drug-likeness (QED) is 0.430. The molecule has 164 valence electrons. The lowest BCUT2D eigenvalue weighted by atomic mass is 9.94. The normalized spacial score (nSPS) is 11.8. The smallest absolute Gasteiger partial charge is 0.257 e. The number of aliphatic imine (C=N–C) groups is 1. The molecule has 0 aliphatic heterocycles. The zero-order valence-electron chi connectivity index (χ0n) is 18.5. The van der Waals surface area contributed by atoms with Gasteiger partial charge in [-0.25, -0.2) is 9.98 Å². The standard InChI is InChI=1S/C22H33N5O3/c1-6-23-19(28)15-29-17-10-8-9-16(11-17)12-26-21(24-7-2)27-14-20-25-13-18(30-20)22(3,4)5/h8-11,13H,6-7,12,14-15H2,1-5H3,(H,23,28)(H2,24,26,27). The summed E-state index contributed by atoms with van der Waals surface area (Å²) in [5, 5.41) is 9.16. The van der Waals surface area contributed by atoms with E-state index in [1.807, 2.05) is 38.1 Å². The van der Waals surface area contributed by atoms with E-state index >= 15 is 0 Å². The van der Waals surface area contributed by atoms with Gasteiger partial charge < -0.3 is 25.1 Å². The third-order valence-electron chi connectivity index (χ3n) is 4.11. The minimum atomic E-state index is -0.138. The van der Waals surface area contributed by atoms with E-state index in [1.54, 1.807) is 6.20 Å². The zero-order valence-corrected chi connectivity index (χ0v) is 18.5. The van der Waals surface area contributed by atoms with E-state index < -0.39 is 0 Å². The minimum Gasteiger partial charge on any atom is -0.484 e. The first kappa shape index (κ1) is 23.3. The Morgan fingerprint density at radius 3 is 2.60 bits per heavy atom. The highest BCUT2D eigenvalue weighted by molar-refractivity contribution is 5.79. The summed E-state index contributed by atoms with van der Waals surface area (Å²) in [6, 6.07) is 7.57. The molecule has 0 saturated carbocycles. The lowest BCUT2D eigenvalue weighted by molar-refractivity contribution is -0.122. The monoisotopic (exact) mass is 415 g/mol. The van der Waals surface area contributed by atoms with Crippen LogP contribution in [0.5, 0.6) is 5.75 Å². The molecule has 0 radical (unpaired) electrons. The molecule has 0 fully saturated rings. The second kappa shape index (κ2) is 11.2. The molecule has 1 aromatic heterocycles. The molecule has 0 aliphatic carbocycles. The molecule has 0 unspecified atom stereocenters. The molecule has 0 spiro atoms. The number of carbonyl (C=O) groups excluding carboxylic acids is 1. The van der Waals surface area contributed by atoms with Crippen LogP contribution < -0.4 is 20.7 Å². The molecule has 0 atom stereocenters. The van der Waals surface area contributed by atoms with E-state index in [4.69, 9.17) is 9.15 Å². The van der Waals surface area contributed by atoms with Crippen molar-refractivity contribution in [2.45, 2.75) is 53.1 Å². The van der Waals surface area contributed by atoms with E-state index in [0.717, 1.165) is 17.9 Å². The summed E-state index contributed by atoms with van der Waals surface area (Å²) < 4.78 is 11.4. The Morgan fingerprint density at radius 1 is 1.17 bits per heavy atom. The van der Waals surface area contributed by atoms with Gasteiger partial charge in [0.1, 0.15) is 11.5 Å². The molecule has 0 bridgehead atoms. The van der Waals surface area contributed by atoms with Crippen LogP contribution in [0.4, 0.5) is 0 Å². The molecule has 1 aromatic carbocycles. The molecule has 3 N–H and O–H groups in total. The Morgan fingerprint density at radius 2 is 1.93 bits per heavy atom. The maximum atomic E-state index is 11.5. The SMILES string of the molecule is CCNC(=O)COc1cccc(CN=C(NCC)NCc2ncc(C(C)(C)C)o2)c1. The van der Waals surface area contributed by atoms with Crippen molar-refractivity contribution in [2.75, 3.05) is 19.7 Å². The van der Waals surface area contributed by atoms with Gasteiger partial charge in [-0.1, -0.05) is 32.9 Å². The number of carbonyl (C=O) groups is 1. The summed E-state index contributed by atoms with van der Waals surface area (Å²) in [6.45, 7) is 12.4. The number of nitrogens with zero attached hydrogens (tertiary/aromatic N) is 2. The first-order valence-electron chi connectivity index (χ1n) is 10.3. The molecule has 30 heavy (non-hydrogen) atoms. The second-order valence-corrected chi connectivity index (χ2v) is 7.81. The summed E-state index contributed by atoms with van der Waals surface area (Å²) in [5.74, 6) is 2.64. The Bertz CT molecular complexity index is 839. The molecule has 2 rings (SSSR count). The van der Waals surface area contributed by atoms with Crippen molar-refractivity contribution in [2.24, 2.45) is 4.99 Å². The predicted molar refractivity (Wildman–Crippen MR) is 117 cm³/mol. The van der Waals surface area contributed by atoms with Crippen molar-refractivity contribution < 1.29 is 13.9 Å². The molecule has 0 saturated heterocycles. The fraction of sp³-hybridized carbons (Fsp3) is 0.500. The molecule has 1 amide bonds. The zero-order chi connectivity index (χ0) is 22.0. The van der Waals surface area contributed by atoms with Gasteiger partial charge in [0.15, 0.2) is 12.6 Å². The topological polar surface area (TPSA) is 101 Å². The fourth-order valence-electron chi connectivity index (χ4n) is 2.54. The summed E-state index contributed by atoms with van der Waals surface area (Å²) in [7, 11) is 0. The highest BCUT2D eigenvalue weighted by Gasteiger charge is 2.19. The maximum Gasteiger partial charge on any atom is 0.257 e. The van der Waals surface area contributed by atoms with Crippen molar-refractivity contribution in [1.82, 2.24) is 20.9 Å². The van der Waals surface area contributed by atoms with E-state index in [-0.39, 0.29) is 17.9 Å². The highest BCUT2D eigenvalue weighted by atomic mass is 16.5. The molecule has 1 heterocycles. The number of rotatable bonds is 9. The van der Waals surface area contributed by atoms with Gasteiger partial charge in [-0.3, -0.25) is 4.79 Å². The van der Waals surface area contributed by atoms with Gasteiger partial charge in [0, 0.05) is 18.5 Å². The van der Waals surface area contributed by atoms with E-state index in [1.165, 1.54) is 0 Å². The van der Waals surface area contributed by atoms with Crippen molar-refractivity contribution in [3.05, 3.63) is 47.7 Å². The van der Waals surface area contributed by atoms with Crippen LogP contribution in [-0.2, 0) is 23.3 Å². The Labute approximate surface area is 178 Å². The number of aromatic nitrogens is 1. The van der Waals surface area contributed by atoms with Gasteiger partial charge in [-0.15, -0.1) is 0 Å². The van der Waals surface area contributed by atoms with Gasteiger partial charge in [0.2, 0.25) is 5.89 Å². The largest absolute Gasteiger partial charge is 0.484 e. The number of benzene rings is 1. The predicted octanol–water partition coefficient (Wildman–Crippen LogP) is 2.74. The molecule has 2 aromatic rings. The lowest BCUT2D eigenvalue weighted by Gasteiger charge is -2.13. The number of amides is 1. The summed E-state index contributed by atoms with van der Waals surface area (Å²) in [6.07, 6.45) is 1.77. The number of oxazole rings is 1. The first-order valence-corrected chi connectivity index (χ1v) is 10.3. The number of hydrogen-bond donors (Lipinski definition) is 3. The third-order valence-corrected chi connectivity index (χ3v) is 4.11. The van der Waals surface area contributed by atoms with Crippen LogP contribution in [0, 0.1) is 0 Å².